The molecule has 0 spiro atoms. The van der Waals surface area contributed by atoms with Crippen LogP contribution in [0.2, 0.25) is 0 Å². The van der Waals surface area contributed by atoms with E-state index in [1.807, 2.05) is 37.3 Å². The first-order valence-corrected chi connectivity index (χ1v) is 5.15. The Morgan fingerprint density at radius 2 is 2.00 bits per heavy atom. The summed E-state index contributed by atoms with van der Waals surface area (Å²) in [6.07, 6.45) is 2.93. The fourth-order valence-corrected chi connectivity index (χ4v) is 1.50. The van der Waals surface area contributed by atoms with Crippen LogP contribution in [0.5, 0.6) is 0 Å². The molecule has 0 aliphatic heterocycles. The predicted molar refractivity (Wildman–Crippen MR) is 61.0 cm³/mol. The largest absolute Gasteiger partial charge is 0.472 e. The molecule has 2 aromatic rings. The summed E-state index contributed by atoms with van der Waals surface area (Å²) >= 11 is 0. The van der Waals surface area contributed by atoms with E-state index in [4.69, 9.17) is 4.42 Å². The second-order valence-corrected chi connectivity index (χ2v) is 3.62. The van der Waals surface area contributed by atoms with Gasteiger partial charge in [-0.25, -0.2) is 0 Å². The highest BCUT2D eigenvalue weighted by Gasteiger charge is 2.11. The third-order valence-electron chi connectivity index (χ3n) is 2.43. The molecule has 0 saturated carbocycles. The van der Waals surface area contributed by atoms with Crippen molar-refractivity contribution in [3.63, 3.8) is 0 Å². The monoisotopic (exact) mass is 215 g/mol. The van der Waals surface area contributed by atoms with E-state index in [0.29, 0.717) is 5.56 Å². The van der Waals surface area contributed by atoms with Crippen LogP contribution in [-0.4, -0.2) is 5.91 Å². The minimum Gasteiger partial charge on any atom is -0.472 e. The van der Waals surface area contributed by atoms with Crippen LogP contribution in [0, 0.1) is 0 Å². The summed E-state index contributed by atoms with van der Waals surface area (Å²) in [5.41, 5.74) is 1.63. The molecule has 3 nitrogen and oxygen atoms in total. The van der Waals surface area contributed by atoms with Gasteiger partial charge in [-0.2, -0.15) is 0 Å². The van der Waals surface area contributed by atoms with Gasteiger partial charge in [0.1, 0.15) is 6.26 Å². The van der Waals surface area contributed by atoms with Crippen molar-refractivity contribution in [1.82, 2.24) is 5.32 Å². The zero-order valence-corrected chi connectivity index (χ0v) is 9.01. The van der Waals surface area contributed by atoms with Gasteiger partial charge in [0.25, 0.3) is 5.91 Å². The lowest BCUT2D eigenvalue weighted by Gasteiger charge is -2.13. The van der Waals surface area contributed by atoms with E-state index in [9.17, 15) is 4.79 Å². The molecular formula is C13H13NO2. The van der Waals surface area contributed by atoms with Gasteiger partial charge in [-0.05, 0) is 18.6 Å². The van der Waals surface area contributed by atoms with E-state index in [1.54, 1.807) is 6.07 Å². The van der Waals surface area contributed by atoms with E-state index in [-0.39, 0.29) is 11.9 Å². The van der Waals surface area contributed by atoms with E-state index < -0.39 is 0 Å². The number of hydrogen-bond acceptors (Lipinski definition) is 2. The Labute approximate surface area is 94.1 Å². The van der Waals surface area contributed by atoms with Crippen molar-refractivity contribution in [2.24, 2.45) is 0 Å². The van der Waals surface area contributed by atoms with Gasteiger partial charge in [0.15, 0.2) is 0 Å². The van der Waals surface area contributed by atoms with Gasteiger partial charge in [0, 0.05) is 0 Å². The predicted octanol–water partition coefficient (Wildman–Crippen LogP) is 2.77. The first-order valence-electron chi connectivity index (χ1n) is 5.15. The molecule has 0 aliphatic carbocycles. The highest BCUT2D eigenvalue weighted by Crippen LogP contribution is 2.12. The Morgan fingerprint density at radius 1 is 1.25 bits per heavy atom. The molecule has 0 saturated heterocycles. The van der Waals surface area contributed by atoms with Gasteiger partial charge in [-0.3, -0.25) is 4.79 Å². The van der Waals surface area contributed by atoms with E-state index in [0.717, 1.165) is 5.56 Å². The minimum absolute atomic E-state index is 0.0106. The zero-order valence-electron chi connectivity index (χ0n) is 9.01. The highest BCUT2D eigenvalue weighted by atomic mass is 16.3. The lowest BCUT2D eigenvalue weighted by Crippen LogP contribution is -2.26. The molecule has 2 rings (SSSR count). The number of hydrogen-bond donors (Lipinski definition) is 1. The summed E-state index contributed by atoms with van der Waals surface area (Å²) < 4.78 is 4.86. The van der Waals surface area contributed by atoms with Gasteiger partial charge in [0.05, 0.1) is 17.9 Å². The van der Waals surface area contributed by atoms with E-state index in [2.05, 4.69) is 5.32 Å². The van der Waals surface area contributed by atoms with Crippen LogP contribution in [0.25, 0.3) is 0 Å². The standard InChI is InChI=1S/C13H13NO2/c1-10(11-5-3-2-4-6-11)14-13(15)12-7-8-16-9-12/h2-10H,1H3,(H,14,15)/t10-/m1/s1. The maximum absolute atomic E-state index is 11.7. The number of furan rings is 1. The maximum atomic E-state index is 11.7. The average molecular weight is 215 g/mol. The SMILES string of the molecule is C[C@@H](NC(=O)c1ccoc1)c1ccccc1. The molecule has 1 aromatic carbocycles. The first-order chi connectivity index (χ1) is 7.77. The Bertz CT molecular complexity index is 448. The molecule has 0 bridgehead atoms. The van der Waals surface area contributed by atoms with Crippen molar-refractivity contribution >= 4 is 5.91 Å². The average Bonchev–Trinajstić information content (AvgIpc) is 2.83. The van der Waals surface area contributed by atoms with Crippen molar-refractivity contribution in [1.29, 1.82) is 0 Å². The molecule has 1 N–H and O–H groups in total. The topological polar surface area (TPSA) is 42.2 Å². The van der Waals surface area contributed by atoms with Crippen molar-refractivity contribution < 1.29 is 9.21 Å². The van der Waals surface area contributed by atoms with Crippen LogP contribution in [0.1, 0.15) is 28.9 Å². The van der Waals surface area contributed by atoms with Gasteiger partial charge in [0.2, 0.25) is 0 Å². The summed E-state index contributed by atoms with van der Waals surface area (Å²) in [5.74, 6) is -0.120. The van der Waals surface area contributed by atoms with Crippen molar-refractivity contribution in [2.75, 3.05) is 0 Å². The minimum atomic E-state index is -0.120. The lowest BCUT2D eigenvalue weighted by molar-refractivity contribution is 0.0939. The lowest BCUT2D eigenvalue weighted by atomic mass is 10.1. The number of benzene rings is 1. The van der Waals surface area contributed by atoms with Crippen LogP contribution in [0.15, 0.2) is 53.3 Å². The Kier molecular flexibility index (Phi) is 3.05. The molecule has 0 aliphatic rings. The molecule has 1 atom stereocenters. The molecular weight excluding hydrogens is 202 g/mol. The number of amides is 1. The Hall–Kier alpha value is -2.03. The molecule has 0 radical (unpaired) electrons. The molecule has 3 heteroatoms. The van der Waals surface area contributed by atoms with Crippen LogP contribution < -0.4 is 5.32 Å². The molecule has 16 heavy (non-hydrogen) atoms. The van der Waals surface area contributed by atoms with Crippen molar-refractivity contribution in [3.8, 4) is 0 Å². The van der Waals surface area contributed by atoms with Crippen LogP contribution in [0.4, 0.5) is 0 Å². The van der Waals surface area contributed by atoms with Crippen molar-refractivity contribution in [2.45, 2.75) is 13.0 Å². The van der Waals surface area contributed by atoms with Gasteiger partial charge < -0.3 is 9.73 Å². The number of rotatable bonds is 3. The quantitative estimate of drug-likeness (QED) is 0.855. The summed E-state index contributed by atoms with van der Waals surface area (Å²) in [6.45, 7) is 1.95. The zero-order chi connectivity index (χ0) is 11.4. The van der Waals surface area contributed by atoms with Gasteiger partial charge in [-0.1, -0.05) is 30.3 Å². The summed E-state index contributed by atoms with van der Waals surface area (Å²) in [4.78, 5) is 11.7. The van der Waals surface area contributed by atoms with E-state index in [1.165, 1.54) is 12.5 Å². The van der Waals surface area contributed by atoms with Crippen LogP contribution >= 0.6 is 0 Å². The number of carbonyl (C=O) groups is 1. The third kappa shape index (κ3) is 2.31. The summed E-state index contributed by atoms with van der Waals surface area (Å²) in [7, 11) is 0. The fourth-order valence-electron chi connectivity index (χ4n) is 1.50. The molecule has 82 valence electrons. The molecule has 1 aromatic heterocycles. The number of carbonyl (C=O) groups excluding carboxylic acids is 1. The molecule has 1 heterocycles. The Balaban J connectivity index is 2.03. The third-order valence-corrected chi connectivity index (χ3v) is 2.43. The molecule has 0 fully saturated rings. The van der Waals surface area contributed by atoms with Crippen molar-refractivity contribution in [3.05, 3.63) is 60.1 Å². The number of nitrogens with one attached hydrogen (secondary N) is 1. The van der Waals surface area contributed by atoms with E-state index >= 15 is 0 Å². The van der Waals surface area contributed by atoms with Crippen LogP contribution in [0.3, 0.4) is 0 Å². The van der Waals surface area contributed by atoms with Gasteiger partial charge in [-0.15, -0.1) is 0 Å². The molecule has 1 amide bonds. The smallest absolute Gasteiger partial charge is 0.255 e. The normalized spacial score (nSPS) is 12.1. The first kappa shape index (κ1) is 10.5. The highest BCUT2D eigenvalue weighted by molar-refractivity contribution is 5.93. The maximum Gasteiger partial charge on any atom is 0.255 e. The van der Waals surface area contributed by atoms with Crippen LogP contribution in [-0.2, 0) is 0 Å². The second-order valence-electron chi connectivity index (χ2n) is 3.62. The summed E-state index contributed by atoms with van der Waals surface area (Å²) in [6, 6.07) is 11.5. The molecule has 0 unspecified atom stereocenters. The second kappa shape index (κ2) is 4.66. The summed E-state index contributed by atoms with van der Waals surface area (Å²) in [5, 5.41) is 2.90. The van der Waals surface area contributed by atoms with Gasteiger partial charge >= 0.3 is 0 Å². The fraction of sp³-hybridized carbons (Fsp3) is 0.154. The Morgan fingerprint density at radius 3 is 2.62 bits per heavy atom.